The molecule has 5 nitrogen and oxygen atoms in total. The van der Waals surface area contributed by atoms with Crippen LogP contribution in [0.5, 0.6) is 0 Å². The number of anilines is 1. The Morgan fingerprint density at radius 1 is 1.24 bits per heavy atom. The normalized spacial score (nSPS) is 14.3. The van der Waals surface area contributed by atoms with Gasteiger partial charge in [0.1, 0.15) is 0 Å². The summed E-state index contributed by atoms with van der Waals surface area (Å²) in [5.74, 6) is 1.47. The molecule has 0 aliphatic heterocycles. The zero-order chi connectivity index (χ0) is 14.1. The van der Waals surface area contributed by atoms with Crippen molar-refractivity contribution in [1.82, 2.24) is 20.0 Å². The van der Waals surface area contributed by atoms with E-state index in [2.05, 4.69) is 20.5 Å². The van der Waals surface area contributed by atoms with Crippen molar-refractivity contribution in [3.05, 3.63) is 52.6 Å². The van der Waals surface area contributed by atoms with Crippen LogP contribution in [0.25, 0.3) is 5.69 Å². The number of hydrogen-bond donors (Lipinski definition) is 1. The fourth-order valence-corrected chi connectivity index (χ4v) is 3.09. The van der Waals surface area contributed by atoms with Crippen LogP contribution in [0.15, 0.2) is 42.0 Å². The van der Waals surface area contributed by atoms with Gasteiger partial charge in [-0.05, 0) is 25.0 Å². The molecule has 1 fully saturated rings. The Morgan fingerprint density at radius 2 is 2.10 bits per heavy atom. The molecule has 0 saturated heterocycles. The molecule has 1 aromatic carbocycles. The second kappa shape index (κ2) is 5.29. The average Bonchev–Trinajstić information content (AvgIpc) is 3.09. The molecule has 2 aromatic heterocycles. The van der Waals surface area contributed by atoms with Crippen LogP contribution in [-0.4, -0.2) is 20.0 Å². The van der Waals surface area contributed by atoms with Crippen LogP contribution in [0.2, 0.25) is 0 Å². The van der Waals surface area contributed by atoms with E-state index in [4.69, 9.17) is 0 Å². The van der Waals surface area contributed by atoms with Crippen molar-refractivity contribution >= 4 is 17.2 Å². The molecule has 6 heteroatoms. The number of para-hydroxylation sites is 1. The summed E-state index contributed by atoms with van der Waals surface area (Å²) in [4.78, 5) is 7.43. The third kappa shape index (κ3) is 2.67. The minimum atomic E-state index is 0.688. The maximum atomic E-state index is 4.48. The summed E-state index contributed by atoms with van der Waals surface area (Å²) in [6, 6.07) is 9.90. The van der Waals surface area contributed by atoms with Gasteiger partial charge in [-0.1, -0.05) is 18.2 Å². The van der Waals surface area contributed by atoms with Crippen LogP contribution in [0.3, 0.4) is 0 Å². The standard InChI is InChI=1S/C15H15N5S/c1-2-4-12(5-3-1)20-18-9-14(19-20)16-8-13-15(11-6-7-11)17-10-21-13/h1-5,9-11H,6-8H2,(H,16,19). The van der Waals surface area contributed by atoms with Crippen LogP contribution in [0.1, 0.15) is 29.3 Å². The topological polar surface area (TPSA) is 55.6 Å². The summed E-state index contributed by atoms with van der Waals surface area (Å²) in [6.45, 7) is 0.768. The Hall–Kier alpha value is -2.21. The first-order chi connectivity index (χ1) is 10.4. The molecule has 0 atom stereocenters. The molecule has 21 heavy (non-hydrogen) atoms. The van der Waals surface area contributed by atoms with Crippen LogP contribution < -0.4 is 5.32 Å². The number of benzene rings is 1. The van der Waals surface area contributed by atoms with E-state index >= 15 is 0 Å². The predicted octanol–water partition coefficient (Wildman–Crippen LogP) is 3.21. The van der Waals surface area contributed by atoms with Gasteiger partial charge in [0.15, 0.2) is 5.82 Å². The molecular formula is C15H15N5S. The van der Waals surface area contributed by atoms with Crippen molar-refractivity contribution in [2.24, 2.45) is 0 Å². The van der Waals surface area contributed by atoms with Crippen molar-refractivity contribution in [3.63, 3.8) is 0 Å². The molecule has 0 unspecified atom stereocenters. The minimum absolute atomic E-state index is 0.688. The van der Waals surface area contributed by atoms with Crippen molar-refractivity contribution in [3.8, 4) is 5.69 Å². The molecule has 0 spiro atoms. The van der Waals surface area contributed by atoms with E-state index in [1.54, 1.807) is 22.3 Å². The van der Waals surface area contributed by atoms with E-state index in [0.29, 0.717) is 5.92 Å². The van der Waals surface area contributed by atoms with Crippen LogP contribution in [-0.2, 0) is 6.54 Å². The Bertz CT molecular complexity index is 729. The highest BCUT2D eigenvalue weighted by atomic mass is 32.1. The van der Waals surface area contributed by atoms with E-state index < -0.39 is 0 Å². The summed E-state index contributed by atoms with van der Waals surface area (Å²) < 4.78 is 0. The smallest absolute Gasteiger partial charge is 0.169 e. The van der Waals surface area contributed by atoms with E-state index in [1.165, 1.54) is 23.4 Å². The first kappa shape index (κ1) is 12.5. The molecule has 0 amide bonds. The molecule has 1 aliphatic rings. The molecular weight excluding hydrogens is 282 g/mol. The first-order valence-corrected chi connectivity index (χ1v) is 7.92. The number of thiazole rings is 1. The van der Waals surface area contributed by atoms with Crippen molar-refractivity contribution < 1.29 is 0 Å². The highest BCUT2D eigenvalue weighted by Crippen LogP contribution is 2.41. The summed E-state index contributed by atoms with van der Waals surface area (Å²) in [5.41, 5.74) is 4.16. The number of rotatable bonds is 5. The average molecular weight is 297 g/mol. The Kier molecular flexibility index (Phi) is 3.16. The Balaban J connectivity index is 1.46. The van der Waals surface area contributed by atoms with Crippen LogP contribution in [0.4, 0.5) is 5.82 Å². The number of aromatic nitrogens is 4. The van der Waals surface area contributed by atoms with Gasteiger partial charge in [-0.15, -0.1) is 21.2 Å². The predicted molar refractivity (Wildman–Crippen MR) is 82.8 cm³/mol. The molecule has 0 bridgehead atoms. The monoisotopic (exact) mass is 297 g/mol. The zero-order valence-corrected chi connectivity index (χ0v) is 12.3. The SMILES string of the molecule is c1ccc(-n2ncc(NCc3scnc3C3CC3)n2)cc1. The van der Waals surface area contributed by atoms with Crippen molar-refractivity contribution in [1.29, 1.82) is 0 Å². The maximum absolute atomic E-state index is 4.48. The van der Waals surface area contributed by atoms with Gasteiger partial charge in [0.2, 0.25) is 0 Å². The summed E-state index contributed by atoms with van der Waals surface area (Å²) >= 11 is 1.71. The lowest BCUT2D eigenvalue weighted by molar-refractivity contribution is 0.752. The first-order valence-electron chi connectivity index (χ1n) is 7.04. The van der Waals surface area contributed by atoms with Gasteiger partial charge in [-0.3, -0.25) is 0 Å². The molecule has 2 heterocycles. The second-order valence-electron chi connectivity index (χ2n) is 5.14. The molecule has 0 radical (unpaired) electrons. The number of nitrogens with one attached hydrogen (secondary N) is 1. The van der Waals surface area contributed by atoms with Crippen LogP contribution >= 0.6 is 11.3 Å². The fourth-order valence-electron chi connectivity index (χ4n) is 2.30. The van der Waals surface area contributed by atoms with E-state index in [9.17, 15) is 0 Å². The fraction of sp³-hybridized carbons (Fsp3) is 0.267. The van der Waals surface area contributed by atoms with Crippen molar-refractivity contribution in [2.75, 3.05) is 5.32 Å². The van der Waals surface area contributed by atoms with Gasteiger partial charge in [-0.25, -0.2) is 4.98 Å². The summed E-state index contributed by atoms with van der Waals surface area (Å²) in [7, 11) is 0. The zero-order valence-electron chi connectivity index (χ0n) is 11.4. The minimum Gasteiger partial charge on any atom is -0.362 e. The maximum Gasteiger partial charge on any atom is 0.169 e. The summed E-state index contributed by atoms with van der Waals surface area (Å²) in [5, 5.41) is 12.1. The molecule has 1 N–H and O–H groups in total. The summed E-state index contributed by atoms with van der Waals surface area (Å²) in [6.07, 6.45) is 4.31. The van der Waals surface area contributed by atoms with E-state index in [1.807, 2.05) is 35.8 Å². The lowest BCUT2D eigenvalue weighted by Gasteiger charge is -2.02. The lowest BCUT2D eigenvalue weighted by atomic mass is 10.2. The lowest BCUT2D eigenvalue weighted by Crippen LogP contribution is -2.02. The molecule has 4 rings (SSSR count). The van der Waals surface area contributed by atoms with Gasteiger partial charge in [0, 0.05) is 10.8 Å². The molecule has 106 valence electrons. The van der Waals surface area contributed by atoms with Crippen molar-refractivity contribution in [2.45, 2.75) is 25.3 Å². The highest BCUT2D eigenvalue weighted by molar-refractivity contribution is 7.09. The van der Waals surface area contributed by atoms with Crippen LogP contribution in [0, 0.1) is 0 Å². The largest absolute Gasteiger partial charge is 0.362 e. The van der Waals surface area contributed by atoms with E-state index in [0.717, 1.165) is 18.1 Å². The van der Waals surface area contributed by atoms with Gasteiger partial charge in [0.25, 0.3) is 0 Å². The number of nitrogens with zero attached hydrogens (tertiary/aromatic N) is 4. The van der Waals surface area contributed by atoms with Gasteiger partial charge < -0.3 is 5.32 Å². The Labute approximate surface area is 126 Å². The van der Waals surface area contributed by atoms with Gasteiger partial charge in [-0.2, -0.15) is 5.10 Å². The third-order valence-electron chi connectivity index (χ3n) is 3.55. The molecule has 3 aromatic rings. The second-order valence-corrected chi connectivity index (χ2v) is 6.08. The van der Waals surface area contributed by atoms with Gasteiger partial charge in [0.05, 0.1) is 29.6 Å². The molecule has 1 saturated carbocycles. The molecule has 1 aliphatic carbocycles. The Morgan fingerprint density at radius 3 is 2.90 bits per heavy atom. The van der Waals surface area contributed by atoms with Gasteiger partial charge >= 0.3 is 0 Å². The quantitative estimate of drug-likeness (QED) is 0.785. The van der Waals surface area contributed by atoms with E-state index in [-0.39, 0.29) is 0 Å². The highest BCUT2D eigenvalue weighted by Gasteiger charge is 2.28. The third-order valence-corrected chi connectivity index (χ3v) is 4.39. The number of hydrogen-bond acceptors (Lipinski definition) is 5.